The molecule has 196 valence electrons. The van der Waals surface area contributed by atoms with Gasteiger partial charge in [0.2, 0.25) is 11.8 Å². The van der Waals surface area contributed by atoms with Crippen LogP contribution in [0.2, 0.25) is 5.02 Å². The highest BCUT2D eigenvalue weighted by molar-refractivity contribution is 6.32. The number of hydrogen-bond donors (Lipinski definition) is 1. The Bertz CT molecular complexity index is 1620. The standard InChI is InChI=1S/C29H21ClN2O7/c1-13-10-23(34)21-12-20-17(24(26(21)27(13)35)18-7-6-16(33)11-22(18)30)8-9-19-25(20)29(37)31(28(19)36)14-2-4-15(5-3-14)32(38)39/h2-8,10-11,19-20,24-25,33H,9,12H2,1H3/t19-,20+,24+,25-/m0/s1. The van der Waals surface area contributed by atoms with Crippen molar-refractivity contribution in [2.24, 2.45) is 17.8 Å². The third kappa shape index (κ3) is 3.68. The van der Waals surface area contributed by atoms with Gasteiger partial charge in [-0.05, 0) is 61.6 Å². The van der Waals surface area contributed by atoms with Crippen molar-refractivity contribution in [3.05, 3.63) is 97.6 Å². The van der Waals surface area contributed by atoms with Crippen molar-refractivity contribution in [1.82, 2.24) is 0 Å². The van der Waals surface area contributed by atoms with Crippen molar-refractivity contribution in [2.75, 3.05) is 4.90 Å². The first-order valence-electron chi connectivity index (χ1n) is 12.4. The summed E-state index contributed by atoms with van der Waals surface area (Å²) in [5, 5.41) is 21.2. The minimum atomic E-state index is -0.782. The summed E-state index contributed by atoms with van der Waals surface area (Å²) in [6.07, 6.45) is 3.54. The second-order valence-corrected chi connectivity index (χ2v) is 10.6. The van der Waals surface area contributed by atoms with Gasteiger partial charge in [0, 0.05) is 39.8 Å². The molecule has 2 amide bonds. The molecular weight excluding hydrogens is 524 g/mol. The molecule has 0 bridgehead atoms. The summed E-state index contributed by atoms with van der Waals surface area (Å²) in [6, 6.07) is 9.65. The molecule has 6 rings (SSSR count). The number of non-ortho nitro benzene ring substituents is 1. The summed E-state index contributed by atoms with van der Waals surface area (Å²) in [5.74, 6) is -4.22. The maximum absolute atomic E-state index is 13.8. The predicted octanol–water partition coefficient (Wildman–Crippen LogP) is 4.59. The van der Waals surface area contributed by atoms with Gasteiger partial charge in [0.25, 0.3) is 5.69 Å². The molecule has 0 saturated carbocycles. The van der Waals surface area contributed by atoms with Crippen LogP contribution in [0.1, 0.15) is 31.2 Å². The Morgan fingerprint density at radius 3 is 2.41 bits per heavy atom. The second-order valence-electron chi connectivity index (χ2n) is 10.2. The number of benzene rings is 2. The SMILES string of the molecule is CC1=CC(=O)C2=C(C1=O)[C@@H](c1ccc(O)cc1Cl)C1=CC[C@@H]3C(=O)N(c4ccc([N+](=O)[O-])cc4)C(=O)[C@@H]3[C@@H]1C2. The van der Waals surface area contributed by atoms with Crippen molar-refractivity contribution >= 4 is 46.4 Å². The number of anilines is 1. The molecule has 1 saturated heterocycles. The maximum Gasteiger partial charge on any atom is 0.269 e. The zero-order valence-corrected chi connectivity index (χ0v) is 21.3. The van der Waals surface area contributed by atoms with Crippen LogP contribution >= 0.6 is 11.6 Å². The van der Waals surface area contributed by atoms with Crippen molar-refractivity contribution < 1.29 is 29.2 Å². The van der Waals surface area contributed by atoms with Crippen LogP contribution in [0.3, 0.4) is 0 Å². The third-order valence-corrected chi connectivity index (χ3v) is 8.51. The van der Waals surface area contributed by atoms with Gasteiger partial charge >= 0.3 is 0 Å². The zero-order valence-electron chi connectivity index (χ0n) is 20.6. The number of imide groups is 1. The smallest absolute Gasteiger partial charge is 0.269 e. The molecule has 1 N–H and O–H groups in total. The number of carbonyl (C=O) groups excluding carboxylic acids is 4. The van der Waals surface area contributed by atoms with Crippen LogP contribution in [-0.2, 0) is 19.2 Å². The minimum absolute atomic E-state index is 0.0552. The van der Waals surface area contributed by atoms with Crippen LogP contribution < -0.4 is 4.90 Å². The normalized spacial score (nSPS) is 26.2. The van der Waals surface area contributed by atoms with E-state index in [1.807, 2.05) is 6.08 Å². The van der Waals surface area contributed by atoms with Crippen molar-refractivity contribution in [3.63, 3.8) is 0 Å². The van der Waals surface area contributed by atoms with E-state index in [2.05, 4.69) is 0 Å². The van der Waals surface area contributed by atoms with Gasteiger partial charge in [-0.1, -0.05) is 29.3 Å². The maximum atomic E-state index is 13.8. The predicted molar refractivity (Wildman–Crippen MR) is 140 cm³/mol. The number of phenols is 1. The third-order valence-electron chi connectivity index (χ3n) is 8.18. The van der Waals surface area contributed by atoms with Gasteiger partial charge in [-0.25, -0.2) is 0 Å². The number of fused-ring (bicyclic) bond motifs is 3. The van der Waals surface area contributed by atoms with Crippen LogP contribution in [0.25, 0.3) is 0 Å². The number of rotatable bonds is 3. The number of nitrogens with zero attached hydrogens (tertiary/aromatic N) is 2. The molecule has 2 aromatic rings. The first-order chi connectivity index (χ1) is 18.6. The lowest BCUT2D eigenvalue weighted by atomic mass is 9.59. The number of ketones is 2. The van der Waals surface area contributed by atoms with Gasteiger partial charge in [0.1, 0.15) is 5.75 Å². The summed E-state index contributed by atoms with van der Waals surface area (Å²) in [5.41, 5.74) is 2.27. The number of allylic oxidation sites excluding steroid dienone is 6. The van der Waals surface area contributed by atoms with E-state index in [9.17, 15) is 34.4 Å². The summed E-state index contributed by atoms with van der Waals surface area (Å²) < 4.78 is 0. The number of aromatic hydroxyl groups is 1. The lowest BCUT2D eigenvalue weighted by molar-refractivity contribution is -0.384. The minimum Gasteiger partial charge on any atom is -0.508 e. The average molecular weight is 545 g/mol. The van der Waals surface area contributed by atoms with E-state index >= 15 is 0 Å². The highest BCUT2D eigenvalue weighted by Gasteiger charge is 2.56. The van der Waals surface area contributed by atoms with Crippen LogP contribution in [0, 0.1) is 27.9 Å². The molecule has 0 spiro atoms. The molecule has 4 aliphatic rings. The van der Waals surface area contributed by atoms with Gasteiger partial charge < -0.3 is 5.11 Å². The van der Waals surface area contributed by atoms with Crippen LogP contribution in [0.5, 0.6) is 5.75 Å². The zero-order chi connectivity index (χ0) is 27.7. The van der Waals surface area contributed by atoms with E-state index in [-0.39, 0.29) is 46.6 Å². The number of carbonyl (C=O) groups is 4. The molecule has 1 fully saturated rings. The summed E-state index contributed by atoms with van der Waals surface area (Å²) in [7, 11) is 0. The lowest BCUT2D eigenvalue weighted by Crippen LogP contribution is -2.39. The number of hydrogen-bond acceptors (Lipinski definition) is 7. The summed E-state index contributed by atoms with van der Waals surface area (Å²) in [6.45, 7) is 1.58. The Morgan fingerprint density at radius 1 is 1.03 bits per heavy atom. The Balaban J connectivity index is 1.46. The van der Waals surface area contributed by atoms with E-state index in [1.165, 1.54) is 42.5 Å². The van der Waals surface area contributed by atoms with Crippen molar-refractivity contribution in [1.29, 1.82) is 0 Å². The van der Waals surface area contributed by atoms with E-state index in [0.29, 0.717) is 22.3 Å². The van der Waals surface area contributed by atoms with Gasteiger partial charge in [0.15, 0.2) is 11.6 Å². The Morgan fingerprint density at radius 2 is 1.74 bits per heavy atom. The number of halogens is 1. The van der Waals surface area contributed by atoms with Crippen molar-refractivity contribution in [3.8, 4) is 5.75 Å². The van der Waals surface area contributed by atoms with E-state index in [0.717, 1.165) is 10.5 Å². The molecular formula is C29H21ClN2O7. The fourth-order valence-electron chi connectivity index (χ4n) is 6.44. The number of amides is 2. The average Bonchev–Trinajstić information content (AvgIpc) is 3.16. The molecule has 4 atom stereocenters. The highest BCUT2D eigenvalue weighted by Crippen LogP contribution is 2.56. The Hall–Kier alpha value is -4.37. The van der Waals surface area contributed by atoms with Gasteiger partial charge in [-0.15, -0.1) is 0 Å². The monoisotopic (exact) mass is 544 g/mol. The Labute approximate surface area is 227 Å². The number of nitro groups is 1. The Kier molecular flexibility index (Phi) is 5.65. The fraction of sp³-hybridized carbons (Fsp3) is 0.241. The number of nitro benzene ring substituents is 1. The largest absolute Gasteiger partial charge is 0.508 e. The van der Waals surface area contributed by atoms with E-state index in [1.54, 1.807) is 13.0 Å². The second kappa shape index (κ2) is 8.84. The van der Waals surface area contributed by atoms with Crippen molar-refractivity contribution in [2.45, 2.75) is 25.7 Å². The van der Waals surface area contributed by atoms with E-state index < -0.39 is 40.4 Å². The molecule has 3 aliphatic carbocycles. The molecule has 39 heavy (non-hydrogen) atoms. The topological polar surface area (TPSA) is 135 Å². The molecule has 1 aliphatic heterocycles. The van der Waals surface area contributed by atoms with Gasteiger partial charge in [-0.2, -0.15) is 0 Å². The molecule has 0 aromatic heterocycles. The van der Waals surface area contributed by atoms with Crippen LogP contribution in [-0.4, -0.2) is 33.4 Å². The molecule has 0 unspecified atom stereocenters. The molecule has 10 heteroatoms. The first kappa shape index (κ1) is 24.9. The highest BCUT2D eigenvalue weighted by atomic mass is 35.5. The molecule has 9 nitrogen and oxygen atoms in total. The molecule has 0 radical (unpaired) electrons. The number of phenolic OH excluding ortho intramolecular Hbond substituents is 1. The van der Waals surface area contributed by atoms with E-state index in [4.69, 9.17) is 11.6 Å². The number of Topliss-reactive ketones (excluding diaryl/α,β-unsaturated/α-hetero) is 1. The fourth-order valence-corrected chi connectivity index (χ4v) is 6.73. The molecule has 1 heterocycles. The van der Waals surface area contributed by atoms with Gasteiger partial charge in [0.05, 0.1) is 22.4 Å². The van der Waals surface area contributed by atoms with Crippen LogP contribution in [0.15, 0.2) is 76.9 Å². The van der Waals surface area contributed by atoms with Crippen LogP contribution in [0.4, 0.5) is 11.4 Å². The summed E-state index contributed by atoms with van der Waals surface area (Å²) in [4.78, 5) is 65.5. The first-order valence-corrected chi connectivity index (χ1v) is 12.8. The van der Waals surface area contributed by atoms with Gasteiger partial charge in [-0.3, -0.25) is 34.2 Å². The molecule has 2 aromatic carbocycles. The summed E-state index contributed by atoms with van der Waals surface area (Å²) >= 11 is 6.55. The quantitative estimate of drug-likeness (QED) is 0.196. The lowest BCUT2D eigenvalue weighted by Gasteiger charge is -2.42.